The van der Waals surface area contributed by atoms with Crippen LogP contribution in [0.25, 0.3) is 10.8 Å². The van der Waals surface area contributed by atoms with Crippen LogP contribution >= 0.6 is 0 Å². The minimum Gasteiger partial charge on any atom is -0.497 e. The fourth-order valence-electron chi connectivity index (χ4n) is 6.51. The van der Waals surface area contributed by atoms with Crippen molar-refractivity contribution in [2.24, 2.45) is 23.7 Å². The van der Waals surface area contributed by atoms with Crippen LogP contribution in [0.3, 0.4) is 0 Å². The topological polar surface area (TPSA) is 9.23 Å². The fraction of sp³-hybridized carbons (Fsp3) is 0.667. The Morgan fingerprint density at radius 1 is 0.710 bits per heavy atom. The van der Waals surface area contributed by atoms with Crippen LogP contribution in [-0.4, -0.2) is 7.11 Å². The van der Waals surface area contributed by atoms with Crippen LogP contribution in [0.2, 0.25) is 0 Å². The number of hydrogen-bond donors (Lipinski definition) is 0. The van der Waals surface area contributed by atoms with E-state index in [1.54, 1.807) is 7.11 Å². The molecule has 2 aromatic carbocycles. The highest BCUT2D eigenvalue weighted by molar-refractivity contribution is 5.84. The van der Waals surface area contributed by atoms with Gasteiger partial charge in [0.1, 0.15) is 5.75 Å². The lowest BCUT2D eigenvalue weighted by atomic mass is 9.68. The first kappa shape index (κ1) is 22.7. The summed E-state index contributed by atoms with van der Waals surface area (Å²) >= 11 is 0. The van der Waals surface area contributed by atoms with E-state index in [0.29, 0.717) is 0 Å². The van der Waals surface area contributed by atoms with Crippen molar-refractivity contribution in [2.45, 2.75) is 96.8 Å². The highest BCUT2D eigenvalue weighted by Gasteiger charge is 2.30. The molecule has 0 saturated heterocycles. The first-order valence-electron chi connectivity index (χ1n) is 13.3. The van der Waals surface area contributed by atoms with Gasteiger partial charge in [0.25, 0.3) is 0 Å². The van der Waals surface area contributed by atoms with Gasteiger partial charge in [-0.1, -0.05) is 82.6 Å². The SMILES string of the molecule is CCCCCC1CCC(C2CCC(CCc3ccc4cc(OC)ccc4c3)CC2)CC1. The van der Waals surface area contributed by atoms with Gasteiger partial charge >= 0.3 is 0 Å². The molecule has 0 heterocycles. The first-order chi connectivity index (χ1) is 15.2. The number of unbranched alkanes of at least 4 members (excludes halogenated alkanes) is 2. The van der Waals surface area contributed by atoms with E-state index < -0.39 is 0 Å². The second-order valence-electron chi connectivity index (χ2n) is 10.6. The van der Waals surface area contributed by atoms with E-state index in [-0.39, 0.29) is 0 Å². The maximum atomic E-state index is 5.36. The molecule has 31 heavy (non-hydrogen) atoms. The van der Waals surface area contributed by atoms with Crippen LogP contribution in [0.1, 0.15) is 96.0 Å². The van der Waals surface area contributed by atoms with E-state index in [1.165, 1.54) is 106 Å². The predicted molar refractivity (Wildman–Crippen MR) is 134 cm³/mol. The number of benzene rings is 2. The molecule has 0 bridgehead atoms. The van der Waals surface area contributed by atoms with Crippen molar-refractivity contribution < 1.29 is 4.74 Å². The third kappa shape index (κ3) is 6.27. The van der Waals surface area contributed by atoms with Crippen molar-refractivity contribution in [3.8, 4) is 5.75 Å². The number of aryl methyl sites for hydroxylation is 1. The van der Waals surface area contributed by atoms with Gasteiger partial charge in [0, 0.05) is 0 Å². The standard InChI is InChI=1S/C30H44O/c1-3-4-5-6-23-9-14-26(15-10-23)27-16-11-24(12-17-27)7-8-25-13-18-29-22-30(31-2)20-19-28(29)21-25/h13,18-24,26-27H,3-12,14-17H2,1-2H3. The maximum Gasteiger partial charge on any atom is 0.119 e. The molecule has 170 valence electrons. The molecule has 2 aromatic rings. The molecule has 2 aliphatic carbocycles. The summed E-state index contributed by atoms with van der Waals surface area (Å²) < 4.78 is 5.36. The molecule has 4 rings (SSSR count). The quantitative estimate of drug-likeness (QED) is 0.368. The van der Waals surface area contributed by atoms with Crippen molar-refractivity contribution in [1.82, 2.24) is 0 Å². The Morgan fingerprint density at radius 2 is 1.32 bits per heavy atom. The van der Waals surface area contributed by atoms with Crippen molar-refractivity contribution in [1.29, 1.82) is 0 Å². The largest absolute Gasteiger partial charge is 0.497 e. The van der Waals surface area contributed by atoms with Crippen LogP contribution < -0.4 is 4.74 Å². The molecule has 2 fully saturated rings. The molecule has 0 spiro atoms. The van der Waals surface area contributed by atoms with Gasteiger partial charge in [0.2, 0.25) is 0 Å². The number of hydrogen-bond acceptors (Lipinski definition) is 1. The number of rotatable bonds is 9. The molecule has 0 amide bonds. The highest BCUT2D eigenvalue weighted by Crippen LogP contribution is 2.43. The van der Waals surface area contributed by atoms with Gasteiger partial charge in [-0.3, -0.25) is 0 Å². The van der Waals surface area contributed by atoms with Gasteiger partial charge in [-0.25, -0.2) is 0 Å². The Bertz CT molecular complexity index is 793. The molecule has 1 nitrogen and oxygen atoms in total. The average molecular weight is 421 g/mol. The zero-order valence-corrected chi connectivity index (χ0v) is 20.1. The number of methoxy groups -OCH3 is 1. The Labute approximate surface area is 191 Å². The summed E-state index contributed by atoms with van der Waals surface area (Å²) in [6.07, 6.45) is 20.5. The smallest absolute Gasteiger partial charge is 0.119 e. The molecule has 0 radical (unpaired) electrons. The fourth-order valence-corrected chi connectivity index (χ4v) is 6.51. The van der Waals surface area contributed by atoms with Gasteiger partial charge in [-0.15, -0.1) is 0 Å². The Morgan fingerprint density at radius 3 is 1.97 bits per heavy atom. The van der Waals surface area contributed by atoms with Gasteiger partial charge in [-0.2, -0.15) is 0 Å². The monoisotopic (exact) mass is 420 g/mol. The Balaban J connectivity index is 1.18. The van der Waals surface area contributed by atoms with Crippen LogP contribution in [-0.2, 0) is 6.42 Å². The molecule has 2 saturated carbocycles. The van der Waals surface area contributed by atoms with Crippen molar-refractivity contribution in [2.75, 3.05) is 7.11 Å². The van der Waals surface area contributed by atoms with E-state index in [9.17, 15) is 0 Å². The van der Waals surface area contributed by atoms with Crippen LogP contribution in [0, 0.1) is 23.7 Å². The lowest BCUT2D eigenvalue weighted by molar-refractivity contribution is 0.140. The van der Waals surface area contributed by atoms with Gasteiger partial charge in [-0.05, 0) is 90.7 Å². The Kier molecular flexibility index (Phi) is 8.34. The van der Waals surface area contributed by atoms with Gasteiger partial charge < -0.3 is 4.74 Å². The zero-order valence-electron chi connectivity index (χ0n) is 20.1. The molecular weight excluding hydrogens is 376 g/mol. The van der Waals surface area contributed by atoms with Crippen molar-refractivity contribution in [3.05, 3.63) is 42.0 Å². The number of fused-ring (bicyclic) bond motifs is 1. The molecule has 1 heteroatoms. The van der Waals surface area contributed by atoms with E-state index in [1.807, 2.05) is 0 Å². The highest BCUT2D eigenvalue weighted by atomic mass is 16.5. The zero-order chi connectivity index (χ0) is 21.5. The minimum absolute atomic E-state index is 0.946. The minimum atomic E-state index is 0.946. The predicted octanol–water partition coefficient (Wildman–Crippen LogP) is 8.97. The van der Waals surface area contributed by atoms with Crippen LogP contribution in [0.5, 0.6) is 5.75 Å². The van der Waals surface area contributed by atoms with E-state index in [4.69, 9.17) is 4.74 Å². The van der Waals surface area contributed by atoms with Crippen molar-refractivity contribution in [3.63, 3.8) is 0 Å². The van der Waals surface area contributed by atoms with Gasteiger partial charge in [0.15, 0.2) is 0 Å². The molecule has 0 N–H and O–H groups in total. The molecule has 0 unspecified atom stereocenters. The lowest BCUT2D eigenvalue weighted by Crippen LogP contribution is -2.26. The lowest BCUT2D eigenvalue weighted by Gasteiger charge is -2.38. The van der Waals surface area contributed by atoms with Crippen molar-refractivity contribution >= 4 is 10.8 Å². The Hall–Kier alpha value is -1.50. The molecule has 0 aromatic heterocycles. The molecule has 0 atom stereocenters. The van der Waals surface area contributed by atoms with E-state index >= 15 is 0 Å². The van der Waals surface area contributed by atoms with Gasteiger partial charge in [0.05, 0.1) is 7.11 Å². The maximum absolute atomic E-state index is 5.36. The van der Waals surface area contributed by atoms with Crippen LogP contribution in [0.15, 0.2) is 36.4 Å². The average Bonchev–Trinajstić information content (AvgIpc) is 2.83. The summed E-state index contributed by atoms with van der Waals surface area (Å²) in [5.41, 5.74) is 1.50. The van der Waals surface area contributed by atoms with E-state index in [0.717, 1.165) is 29.4 Å². The first-order valence-corrected chi connectivity index (χ1v) is 13.3. The summed E-state index contributed by atoms with van der Waals surface area (Å²) in [7, 11) is 1.74. The second-order valence-corrected chi connectivity index (χ2v) is 10.6. The second kappa shape index (κ2) is 11.4. The van der Waals surface area contributed by atoms with E-state index in [2.05, 4.69) is 43.3 Å². The molecular formula is C30H44O. The summed E-state index contributed by atoms with van der Waals surface area (Å²) in [5.74, 6) is 5.06. The summed E-state index contributed by atoms with van der Waals surface area (Å²) in [6.45, 7) is 2.33. The third-order valence-corrected chi connectivity index (χ3v) is 8.62. The number of ether oxygens (including phenoxy) is 1. The molecule has 0 aliphatic heterocycles. The summed E-state index contributed by atoms with van der Waals surface area (Å²) in [5, 5.41) is 2.62. The molecule has 2 aliphatic rings. The third-order valence-electron chi connectivity index (χ3n) is 8.62. The summed E-state index contributed by atoms with van der Waals surface area (Å²) in [6, 6.07) is 13.4. The normalized spacial score (nSPS) is 26.8. The van der Waals surface area contributed by atoms with Crippen LogP contribution in [0.4, 0.5) is 0 Å². The summed E-state index contributed by atoms with van der Waals surface area (Å²) in [4.78, 5) is 0.